The standard InChI is InChI=1S/C11H22N2O2S/c1-14-8-5-12-11(16)13-6-3-10(4-7-13)9-15-2/h10H,3-9H2,1-2H3,(H,12,16). The molecule has 94 valence electrons. The van der Waals surface area contributed by atoms with Crippen LogP contribution in [-0.4, -0.2) is 57.1 Å². The van der Waals surface area contributed by atoms with Crippen LogP contribution in [-0.2, 0) is 9.47 Å². The Hall–Kier alpha value is -0.390. The van der Waals surface area contributed by atoms with Crippen LogP contribution >= 0.6 is 12.2 Å². The van der Waals surface area contributed by atoms with Crippen LogP contribution in [0.1, 0.15) is 12.8 Å². The molecule has 0 radical (unpaired) electrons. The van der Waals surface area contributed by atoms with Crippen molar-refractivity contribution in [1.29, 1.82) is 0 Å². The van der Waals surface area contributed by atoms with Crippen molar-refractivity contribution in [3.05, 3.63) is 0 Å². The molecule has 1 fully saturated rings. The summed E-state index contributed by atoms with van der Waals surface area (Å²) in [5.74, 6) is 0.697. The van der Waals surface area contributed by atoms with Crippen molar-refractivity contribution in [2.24, 2.45) is 5.92 Å². The third-order valence-corrected chi connectivity index (χ3v) is 3.29. The first kappa shape index (κ1) is 13.7. The first-order chi connectivity index (χ1) is 7.77. The van der Waals surface area contributed by atoms with Gasteiger partial charge in [0.1, 0.15) is 0 Å². The molecule has 1 saturated heterocycles. The molecule has 0 aromatic heterocycles. The van der Waals surface area contributed by atoms with Gasteiger partial charge in [0.05, 0.1) is 6.61 Å². The van der Waals surface area contributed by atoms with E-state index in [-0.39, 0.29) is 0 Å². The topological polar surface area (TPSA) is 33.7 Å². The molecule has 0 bridgehead atoms. The van der Waals surface area contributed by atoms with Gasteiger partial charge < -0.3 is 19.7 Å². The summed E-state index contributed by atoms with van der Waals surface area (Å²) in [5.41, 5.74) is 0. The quantitative estimate of drug-likeness (QED) is 0.575. The SMILES string of the molecule is COCCNC(=S)N1CCC(COC)CC1. The lowest BCUT2D eigenvalue weighted by Gasteiger charge is -2.33. The highest BCUT2D eigenvalue weighted by molar-refractivity contribution is 7.80. The minimum absolute atomic E-state index is 0.695. The zero-order valence-corrected chi connectivity index (χ0v) is 11.0. The summed E-state index contributed by atoms with van der Waals surface area (Å²) < 4.78 is 10.1. The second-order valence-corrected chi connectivity index (χ2v) is 4.50. The molecule has 0 saturated carbocycles. The number of nitrogens with one attached hydrogen (secondary N) is 1. The number of hydrogen-bond acceptors (Lipinski definition) is 3. The van der Waals surface area contributed by atoms with Crippen molar-refractivity contribution < 1.29 is 9.47 Å². The lowest BCUT2D eigenvalue weighted by Crippen LogP contribution is -2.45. The van der Waals surface area contributed by atoms with Crippen LogP contribution in [0.15, 0.2) is 0 Å². The molecule has 0 amide bonds. The normalized spacial score (nSPS) is 17.5. The van der Waals surface area contributed by atoms with Crippen LogP contribution in [0.3, 0.4) is 0 Å². The summed E-state index contributed by atoms with van der Waals surface area (Å²) in [6.45, 7) is 4.42. The molecule has 1 rings (SSSR count). The molecule has 0 aromatic rings. The molecular weight excluding hydrogens is 224 g/mol. The molecule has 0 spiro atoms. The van der Waals surface area contributed by atoms with Crippen LogP contribution in [0.4, 0.5) is 0 Å². The Kier molecular flexibility index (Phi) is 6.68. The van der Waals surface area contributed by atoms with E-state index in [1.165, 1.54) is 12.8 Å². The molecular formula is C11H22N2O2S. The molecule has 1 aliphatic rings. The van der Waals surface area contributed by atoms with Crippen LogP contribution in [0.5, 0.6) is 0 Å². The van der Waals surface area contributed by atoms with Crippen LogP contribution in [0.25, 0.3) is 0 Å². The molecule has 0 aromatic carbocycles. The Bertz CT molecular complexity index is 206. The maximum Gasteiger partial charge on any atom is 0.169 e. The van der Waals surface area contributed by atoms with Crippen molar-refractivity contribution in [2.75, 3.05) is 47.1 Å². The number of methoxy groups -OCH3 is 2. The molecule has 16 heavy (non-hydrogen) atoms. The minimum Gasteiger partial charge on any atom is -0.384 e. The van der Waals surface area contributed by atoms with Crippen molar-refractivity contribution in [3.63, 3.8) is 0 Å². The van der Waals surface area contributed by atoms with Gasteiger partial charge in [0, 0.05) is 40.5 Å². The average molecular weight is 246 g/mol. The largest absolute Gasteiger partial charge is 0.384 e. The summed E-state index contributed by atoms with van der Waals surface area (Å²) in [4.78, 5) is 2.23. The predicted molar refractivity (Wildman–Crippen MR) is 68.6 cm³/mol. The average Bonchev–Trinajstić information content (AvgIpc) is 2.30. The Morgan fingerprint density at radius 3 is 2.56 bits per heavy atom. The predicted octanol–water partition coefficient (Wildman–Crippen LogP) is 0.866. The van der Waals surface area contributed by atoms with Crippen LogP contribution < -0.4 is 5.32 Å². The van der Waals surface area contributed by atoms with Crippen molar-refractivity contribution in [3.8, 4) is 0 Å². The van der Waals surface area contributed by atoms with Crippen LogP contribution in [0.2, 0.25) is 0 Å². The van der Waals surface area contributed by atoms with E-state index >= 15 is 0 Å². The molecule has 1 N–H and O–H groups in total. The molecule has 4 nitrogen and oxygen atoms in total. The van der Waals surface area contributed by atoms with Gasteiger partial charge in [0.25, 0.3) is 0 Å². The second-order valence-electron chi connectivity index (χ2n) is 4.11. The van der Waals surface area contributed by atoms with Crippen molar-refractivity contribution in [2.45, 2.75) is 12.8 Å². The number of nitrogens with zero attached hydrogens (tertiary/aromatic N) is 1. The van der Waals surface area contributed by atoms with E-state index in [4.69, 9.17) is 21.7 Å². The first-order valence-corrected chi connectivity index (χ1v) is 6.19. The third kappa shape index (κ3) is 4.63. The van der Waals surface area contributed by atoms with E-state index in [0.29, 0.717) is 12.5 Å². The van der Waals surface area contributed by atoms with Crippen molar-refractivity contribution in [1.82, 2.24) is 10.2 Å². The van der Waals surface area contributed by atoms with E-state index in [9.17, 15) is 0 Å². The van der Waals surface area contributed by atoms with Gasteiger partial charge in [-0.25, -0.2) is 0 Å². The summed E-state index contributed by atoms with van der Waals surface area (Å²) >= 11 is 5.32. The fraction of sp³-hybridized carbons (Fsp3) is 0.909. The highest BCUT2D eigenvalue weighted by Gasteiger charge is 2.20. The smallest absolute Gasteiger partial charge is 0.169 e. The Labute approximate surface area is 103 Å². The number of thiocarbonyl (C=S) groups is 1. The lowest BCUT2D eigenvalue weighted by molar-refractivity contribution is 0.118. The van der Waals surface area contributed by atoms with Gasteiger partial charge in [0.2, 0.25) is 0 Å². The zero-order chi connectivity index (χ0) is 11.8. The van der Waals surface area contributed by atoms with Gasteiger partial charge in [-0.2, -0.15) is 0 Å². The first-order valence-electron chi connectivity index (χ1n) is 5.78. The Balaban J connectivity index is 2.17. The molecule has 1 aliphatic heterocycles. The Morgan fingerprint density at radius 2 is 2.00 bits per heavy atom. The zero-order valence-electron chi connectivity index (χ0n) is 10.2. The van der Waals surface area contributed by atoms with Gasteiger partial charge in [-0.1, -0.05) is 0 Å². The van der Waals surface area contributed by atoms with E-state index in [0.717, 1.165) is 31.4 Å². The van der Waals surface area contributed by atoms with E-state index in [1.54, 1.807) is 14.2 Å². The number of ether oxygens (including phenoxy) is 2. The highest BCUT2D eigenvalue weighted by Crippen LogP contribution is 2.17. The van der Waals surface area contributed by atoms with E-state index in [1.807, 2.05) is 0 Å². The maximum atomic E-state index is 5.32. The minimum atomic E-state index is 0.695. The fourth-order valence-corrected chi connectivity index (χ4v) is 2.19. The van der Waals surface area contributed by atoms with E-state index in [2.05, 4.69) is 10.2 Å². The van der Waals surface area contributed by atoms with Crippen molar-refractivity contribution >= 4 is 17.3 Å². The van der Waals surface area contributed by atoms with Gasteiger partial charge in [-0.15, -0.1) is 0 Å². The van der Waals surface area contributed by atoms with Gasteiger partial charge in [-0.3, -0.25) is 0 Å². The summed E-state index contributed by atoms with van der Waals surface area (Å²) in [7, 11) is 3.46. The number of rotatable bonds is 5. The molecule has 5 heteroatoms. The summed E-state index contributed by atoms with van der Waals surface area (Å²) in [6.07, 6.45) is 2.33. The summed E-state index contributed by atoms with van der Waals surface area (Å²) in [5, 5.41) is 4.06. The van der Waals surface area contributed by atoms with Gasteiger partial charge in [-0.05, 0) is 31.0 Å². The molecule has 0 unspecified atom stereocenters. The number of hydrogen-bond donors (Lipinski definition) is 1. The molecule has 0 atom stereocenters. The number of likely N-dealkylation sites (tertiary alicyclic amines) is 1. The maximum absolute atomic E-state index is 5.32. The van der Waals surface area contributed by atoms with E-state index < -0.39 is 0 Å². The summed E-state index contributed by atoms with van der Waals surface area (Å²) in [6, 6.07) is 0. The third-order valence-electron chi connectivity index (χ3n) is 2.89. The fourth-order valence-electron chi connectivity index (χ4n) is 1.91. The lowest BCUT2D eigenvalue weighted by atomic mass is 9.98. The highest BCUT2D eigenvalue weighted by atomic mass is 32.1. The molecule has 0 aliphatic carbocycles. The molecule has 1 heterocycles. The number of piperidine rings is 1. The van der Waals surface area contributed by atoms with Gasteiger partial charge in [0.15, 0.2) is 5.11 Å². The van der Waals surface area contributed by atoms with Gasteiger partial charge >= 0.3 is 0 Å². The Morgan fingerprint density at radius 1 is 1.31 bits per heavy atom. The monoisotopic (exact) mass is 246 g/mol. The van der Waals surface area contributed by atoms with Crippen LogP contribution in [0, 0.1) is 5.92 Å². The second kappa shape index (κ2) is 7.81.